The molecule has 2 N–H and O–H groups in total. The van der Waals surface area contributed by atoms with Gasteiger partial charge in [-0.15, -0.1) is 0 Å². The minimum Gasteiger partial charge on any atom is -0.368 e. The van der Waals surface area contributed by atoms with Crippen LogP contribution in [0.25, 0.3) is 0 Å². The first-order chi connectivity index (χ1) is 10.6. The highest BCUT2D eigenvalue weighted by molar-refractivity contribution is 6.33. The van der Waals surface area contributed by atoms with Crippen molar-refractivity contribution in [2.24, 2.45) is 0 Å². The summed E-state index contributed by atoms with van der Waals surface area (Å²) in [6, 6.07) is 4.96. The molecule has 0 unspecified atom stereocenters. The Hall–Kier alpha value is -2.02. The van der Waals surface area contributed by atoms with Crippen LogP contribution < -0.4 is 10.6 Å². The van der Waals surface area contributed by atoms with Crippen molar-refractivity contribution in [3.8, 4) is 0 Å². The lowest BCUT2D eigenvalue weighted by Gasteiger charge is -2.14. The second kappa shape index (κ2) is 6.62. The number of nitrogens with one attached hydrogen (secondary N) is 2. The largest absolute Gasteiger partial charge is 0.416 e. The molecule has 4 nitrogen and oxygen atoms in total. The van der Waals surface area contributed by atoms with Crippen molar-refractivity contribution < 1.29 is 13.2 Å². The number of hydrogen-bond acceptors (Lipinski definition) is 4. The van der Waals surface area contributed by atoms with Gasteiger partial charge in [0, 0.05) is 17.8 Å². The lowest BCUT2D eigenvalue weighted by Crippen LogP contribution is -2.12. The van der Waals surface area contributed by atoms with Crippen LogP contribution in [0.1, 0.15) is 25.1 Å². The average molecular weight is 345 g/mol. The van der Waals surface area contributed by atoms with E-state index in [0.29, 0.717) is 11.5 Å². The van der Waals surface area contributed by atoms with E-state index >= 15 is 0 Å². The summed E-state index contributed by atoms with van der Waals surface area (Å²) < 4.78 is 38.4. The molecule has 2 rings (SSSR count). The molecule has 0 atom stereocenters. The maximum Gasteiger partial charge on any atom is 0.416 e. The van der Waals surface area contributed by atoms with E-state index in [9.17, 15) is 13.2 Å². The van der Waals surface area contributed by atoms with Crippen LogP contribution in [0.5, 0.6) is 0 Å². The van der Waals surface area contributed by atoms with Gasteiger partial charge in [0.1, 0.15) is 5.82 Å². The summed E-state index contributed by atoms with van der Waals surface area (Å²) in [4.78, 5) is 8.40. The number of halogens is 4. The summed E-state index contributed by atoms with van der Waals surface area (Å²) in [7, 11) is 0. The Kier molecular flexibility index (Phi) is 4.99. The normalized spacial score (nSPS) is 11.7. The van der Waals surface area contributed by atoms with Crippen molar-refractivity contribution in [3.63, 3.8) is 0 Å². The van der Waals surface area contributed by atoms with Crippen molar-refractivity contribution in [1.29, 1.82) is 0 Å². The van der Waals surface area contributed by atoms with Crippen molar-refractivity contribution in [2.75, 3.05) is 10.6 Å². The third-order valence-corrected chi connectivity index (χ3v) is 3.16. The Bertz CT molecular complexity index is 702. The van der Waals surface area contributed by atoms with Crippen molar-refractivity contribution in [1.82, 2.24) is 9.97 Å². The number of nitrogens with zero attached hydrogens (tertiary/aromatic N) is 2. The first kappa shape index (κ1) is 17.3. The topological polar surface area (TPSA) is 49.8 Å². The van der Waals surface area contributed by atoms with Crippen LogP contribution in [0.4, 0.5) is 30.6 Å². The second-order valence-electron chi connectivity index (χ2n) is 5.33. The molecule has 8 heteroatoms. The first-order valence-corrected chi connectivity index (χ1v) is 7.29. The van der Waals surface area contributed by atoms with E-state index in [1.807, 2.05) is 13.8 Å². The van der Waals surface area contributed by atoms with E-state index in [1.54, 1.807) is 13.0 Å². The Balaban J connectivity index is 2.33. The van der Waals surface area contributed by atoms with E-state index in [4.69, 9.17) is 11.6 Å². The molecule has 0 spiro atoms. The Morgan fingerprint density at radius 2 is 1.83 bits per heavy atom. The number of aromatic nitrogens is 2. The molecule has 2 aromatic rings. The predicted octanol–water partition coefficient (Wildman–Crippen LogP) is 5.02. The average Bonchev–Trinajstić information content (AvgIpc) is 2.38. The van der Waals surface area contributed by atoms with Gasteiger partial charge in [0.2, 0.25) is 5.95 Å². The zero-order valence-electron chi connectivity index (χ0n) is 12.8. The molecule has 0 saturated carbocycles. The molecule has 1 heterocycles. The summed E-state index contributed by atoms with van der Waals surface area (Å²) in [5, 5.41) is 6.02. The molecule has 0 amide bonds. The van der Waals surface area contributed by atoms with Gasteiger partial charge in [0.05, 0.1) is 16.3 Å². The van der Waals surface area contributed by atoms with Crippen LogP contribution in [-0.2, 0) is 6.18 Å². The van der Waals surface area contributed by atoms with Gasteiger partial charge in [-0.05, 0) is 39.0 Å². The summed E-state index contributed by atoms with van der Waals surface area (Å²) >= 11 is 5.96. The highest BCUT2D eigenvalue weighted by atomic mass is 35.5. The zero-order chi connectivity index (χ0) is 17.2. The highest BCUT2D eigenvalue weighted by Gasteiger charge is 2.31. The van der Waals surface area contributed by atoms with Gasteiger partial charge in [-0.3, -0.25) is 0 Å². The molecule has 23 heavy (non-hydrogen) atoms. The lowest BCUT2D eigenvalue weighted by molar-refractivity contribution is -0.137. The van der Waals surface area contributed by atoms with E-state index in [2.05, 4.69) is 20.6 Å². The predicted molar refractivity (Wildman–Crippen MR) is 85.3 cm³/mol. The lowest BCUT2D eigenvalue weighted by atomic mass is 10.2. The maximum absolute atomic E-state index is 12.8. The third kappa shape index (κ3) is 4.72. The fourth-order valence-electron chi connectivity index (χ4n) is 1.91. The van der Waals surface area contributed by atoms with E-state index in [1.165, 1.54) is 6.07 Å². The Morgan fingerprint density at radius 3 is 2.43 bits per heavy atom. The van der Waals surface area contributed by atoms with Crippen molar-refractivity contribution in [2.45, 2.75) is 33.0 Å². The van der Waals surface area contributed by atoms with Gasteiger partial charge in [0.15, 0.2) is 0 Å². The van der Waals surface area contributed by atoms with E-state index in [-0.39, 0.29) is 22.7 Å². The van der Waals surface area contributed by atoms with E-state index < -0.39 is 11.7 Å². The molecule has 0 bridgehead atoms. The van der Waals surface area contributed by atoms with Crippen LogP contribution in [0.15, 0.2) is 24.3 Å². The molecule has 124 valence electrons. The molecular formula is C15H16ClF3N4. The third-order valence-electron chi connectivity index (χ3n) is 2.83. The second-order valence-corrected chi connectivity index (χ2v) is 5.74. The highest BCUT2D eigenvalue weighted by Crippen LogP contribution is 2.34. The number of anilines is 3. The molecule has 1 aromatic heterocycles. The van der Waals surface area contributed by atoms with Gasteiger partial charge in [-0.1, -0.05) is 11.6 Å². The standard InChI is InChI=1S/C15H16ClF3N4/c1-8(2)20-13-6-9(3)21-14(23-13)22-12-7-10(15(17,18)19)4-5-11(12)16/h4-8H,1-3H3,(H2,20,21,22,23). The molecule has 1 aromatic carbocycles. The number of rotatable bonds is 4. The van der Waals surface area contributed by atoms with E-state index in [0.717, 1.165) is 12.1 Å². The maximum atomic E-state index is 12.8. The van der Waals surface area contributed by atoms with Crippen LogP contribution >= 0.6 is 11.6 Å². The van der Waals surface area contributed by atoms with Gasteiger partial charge in [-0.25, -0.2) is 4.98 Å². The van der Waals surface area contributed by atoms with Crippen LogP contribution in [0, 0.1) is 6.92 Å². The molecule has 0 aliphatic rings. The quantitative estimate of drug-likeness (QED) is 0.817. The first-order valence-electron chi connectivity index (χ1n) is 6.91. The fourth-order valence-corrected chi connectivity index (χ4v) is 2.08. The minimum atomic E-state index is -4.45. The number of hydrogen-bond donors (Lipinski definition) is 2. The minimum absolute atomic E-state index is 0.0996. The Labute approximate surface area is 137 Å². The zero-order valence-corrected chi connectivity index (χ0v) is 13.5. The number of benzene rings is 1. The SMILES string of the molecule is Cc1cc(NC(C)C)nc(Nc2cc(C(F)(F)F)ccc2Cl)n1. The molecular weight excluding hydrogens is 329 g/mol. The Morgan fingerprint density at radius 1 is 1.13 bits per heavy atom. The van der Waals surface area contributed by atoms with Crippen LogP contribution in [0.2, 0.25) is 5.02 Å². The number of alkyl halides is 3. The fraction of sp³-hybridized carbons (Fsp3) is 0.333. The molecule has 0 saturated heterocycles. The summed E-state index contributed by atoms with van der Waals surface area (Å²) in [6.45, 7) is 5.68. The number of aryl methyl sites for hydroxylation is 1. The van der Waals surface area contributed by atoms with Gasteiger partial charge in [-0.2, -0.15) is 18.2 Å². The van der Waals surface area contributed by atoms with Crippen molar-refractivity contribution >= 4 is 29.1 Å². The van der Waals surface area contributed by atoms with Crippen LogP contribution in [-0.4, -0.2) is 16.0 Å². The monoisotopic (exact) mass is 344 g/mol. The van der Waals surface area contributed by atoms with Crippen molar-refractivity contribution in [3.05, 3.63) is 40.5 Å². The summed E-state index contributed by atoms with van der Waals surface area (Å²) in [5.41, 5.74) is -0.0195. The molecule has 0 radical (unpaired) electrons. The van der Waals surface area contributed by atoms with Gasteiger partial charge >= 0.3 is 6.18 Å². The van der Waals surface area contributed by atoms with Gasteiger partial charge in [0.25, 0.3) is 0 Å². The molecule has 0 aliphatic heterocycles. The van der Waals surface area contributed by atoms with Crippen LogP contribution in [0.3, 0.4) is 0 Å². The van der Waals surface area contributed by atoms with Gasteiger partial charge < -0.3 is 10.6 Å². The molecule has 0 aliphatic carbocycles. The summed E-state index contributed by atoms with van der Waals surface area (Å²) in [5.74, 6) is 0.757. The summed E-state index contributed by atoms with van der Waals surface area (Å²) in [6.07, 6.45) is -4.45. The smallest absolute Gasteiger partial charge is 0.368 e. The molecule has 0 fully saturated rings.